The number of methoxy groups -OCH3 is 1. The van der Waals surface area contributed by atoms with Crippen LogP contribution in [0.4, 0.5) is 0 Å². The van der Waals surface area contributed by atoms with Crippen LogP contribution in [0.15, 0.2) is 24.9 Å². The fourth-order valence-corrected chi connectivity index (χ4v) is 3.06. The average Bonchev–Trinajstić information content (AvgIpc) is 3.15. The molecular weight excluding hydrogens is 294 g/mol. The van der Waals surface area contributed by atoms with Gasteiger partial charge in [-0.15, -0.1) is 10.2 Å². The van der Waals surface area contributed by atoms with Crippen molar-refractivity contribution in [1.82, 2.24) is 24.6 Å². The number of carbonyl (C=O) groups is 1. The van der Waals surface area contributed by atoms with E-state index in [1.54, 1.807) is 24.3 Å². The molecule has 0 aromatic carbocycles. The minimum Gasteiger partial charge on any atom is -0.383 e. The number of ether oxygens (including phenoxy) is 1. The van der Waals surface area contributed by atoms with Gasteiger partial charge in [0.05, 0.1) is 6.61 Å². The molecule has 3 rings (SSSR count). The number of rotatable bonds is 6. The molecule has 23 heavy (non-hydrogen) atoms. The molecule has 0 saturated carbocycles. The molecule has 122 valence electrons. The molecule has 7 nitrogen and oxygen atoms in total. The third-order valence-electron chi connectivity index (χ3n) is 4.15. The van der Waals surface area contributed by atoms with Gasteiger partial charge in [-0.05, 0) is 30.4 Å². The molecule has 1 fully saturated rings. The summed E-state index contributed by atoms with van der Waals surface area (Å²) in [4.78, 5) is 18.4. The standard InChI is InChI=1S/C16H21N5O2/c1-12-5-13(8-17-16(12)21-10-18-19-11-21)6-14-7-15(22)20(9-14)3-4-23-2/h5,8,10-11,14H,3-4,6-7,9H2,1-2H3. The molecule has 7 heteroatoms. The zero-order valence-electron chi connectivity index (χ0n) is 13.5. The molecule has 0 spiro atoms. The van der Waals surface area contributed by atoms with Crippen LogP contribution in [0.5, 0.6) is 0 Å². The lowest BCUT2D eigenvalue weighted by atomic mass is 9.99. The molecule has 1 atom stereocenters. The lowest BCUT2D eigenvalue weighted by Gasteiger charge is -2.16. The molecule has 0 N–H and O–H groups in total. The largest absolute Gasteiger partial charge is 0.383 e. The summed E-state index contributed by atoms with van der Waals surface area (Å²) in [7, 11) is 1.66. The van der Waals surface area contributed by atoms with Crippen LogP contribution in [-0.2, 0) is 16.0 Å². The Bertz CT molecular complexity index is 671. The molecule has 0 aliphatic carbocycles. The maximum absolute atomic E-state index is 12.0. The highest BCUT2D eigenvalue weighted by Crippen LogP contribution is 2.23. The Balaban J connectivity index is 1.65. The minimum absolute atomic E-state index is 0.220. The van der Waals surface area contributed by atoms with Gasteiger partial charge in [0.1, 0.15) is 18.5 Å². The fraction of sp³-hybridized carbons (Fsp3) is 0.500. The lowest BCUT2D eigenvalue weighted by Crippen LogP contribution is -2.28. The molecular formula is C16H21N5O2. The third kappa shape index (κ3) is 3.56. The Morgan fingerprint density at radius 1 is 1.35 bits per heavy atom. The predicted molar refractivity (Wildman–Crippen MR) is 84.2 cm³/mol. The summed E-state index contributed by atoms with van der Waals surface area (Å²) in [6, 6.07) is 2.13. The second kappa shape index (κ2) is 6.87. The number of hydrogen-bond donors (Lipinski definition) is 0. The van der Waals surface area contributed by atoms with Gasteiger partial charge in [0.2, 0.25) is 5.91 Å². The van der Waals surface area contributed by atoms with E-state index >= 15 is 0 Å². The van der Waals surface area contributed by atoms with E-state index in [1.165, 1.54) is 0 Å². The maximum Gasteiger partial charge on any atom is 0.223 e. The van der Waals surface area contributed by atoms with E-state index in [9.17, 15) is 4.79 Å². The van der Waals surface area contributed by atoms with E-state index in [1.807, 2.05) is 18.0 Å². The summed E-state index contributed by atoms with van der Waals surface area (Å²) < 4.78 is 6.85. The molecule has 2 aromatic heterocycles. The molecule has 1 aliphatic heterocycles. The van der Waals surface area contributed by atoms with Gasteiger partial charge in [-0.25, -0.2) is 4.98 Å². The van der Waals surface area contributed by atoms with Gasteiger partial charge < -0.3 is 9.64 Å². The van der Waals surface area contributed by atoms with Gasteiger partial charge in [-0.3, -0.25) is 9.36 Å². The van der Waals surface area contributed by atoms with Crippen molar-refractivity contribution in [2.75, 3.05) is 26.8 Å². The lowest BCUT2D eigenvalue weighted by molar-refractivity contribution is -0.128. The second-order valence-corrected chi connectivity index (χ2v) is 5.96. The quantitative estimate of drug-likeness (QED) is 0.795. The topological polar surface area (TPSA) is 73.1 Å². The number of nitrogens with zero attached hydrogens (tertiary/aromatic N) is 5. The Morgan fingerprint density at radius 2 is 2.13 bits per heavy atom. The Kier molecular flexibility index (Phi) is 4.66. The Hall–Kier alpha value is -2.28. The van der Waals surface area contributed by atoms with Crippen molar-refractivity contribution in [3.63, 3.8) is 0 Å². The Morgan fingerprint density at radius 3 is 2.83 bits per heavy atom. The van der Waals surface area contributed by atoms with Crippen molar-refractivity contribution in [2.45, 2.75) is 19.8 Å². The first-order chi connectivity index (χ1) is 11.2. The predicted octanol–water partition coefficient (Wildman–Crippen LogP) is 1.01. The SMILES string of the molecule is COCCN1CC(Cc2cnc(-n3cnnc3)c(C)c2)CC1=O. The number of likely N-dealkylation sites (tertiary alicyclic amines) is 1. The zero-order valence-corrected chi connectivity index (χ0v) is 13.5. The summed E-state index contributed by atoms with van der Waals surface area (Å²) >= 11 is 0. The molecule has 3 heterocycles. The number of aryl methyl sites for hydroxylation is 1. The molecule has 1 saturated heterocycles. The van der Waals surface area contributed by atoms with E-state index in [0.717, 1.165) is 29.9 Å². The van der Waals surface area contributed by atoms with Crippen LogP contribution >= 0.6 is 0 Å². The fourth-order valence-electron chi connectivity index (χ4n) is 3.06. The number of carbonyl (C=O) groups excluding carboxylic acids is 1. The zero-order chi connectivity index (χ0) is 16.2. The monoisotopic (exact) mass is 315 g/mol. The van der Waals surface area contributed by atoms with E-state index < -0.39 is 0 Å². The third-order valence-corrected chi connectivity index (χ3v) is 4.15. The van der Waals surface area contributed by atoms with Crippen LogP contribution < -0.4 is 0 Å². The smallest absolute Gasteiger partial charge is 0.223 e. The first kappa shape index (κ1) is 15.6. The van der Waals surface area contributed by atoms with E-state index in [2.05, 4.69) is 21.2 Å². The normalized spacial score (nSPS) is 17.9. The highest BCUT2D eigenvalue weighted by atomic mass is 16.5. The van der Waals surface area contributed by atoms with Gasteiger partial charge in [-0.2, -0.15) is 0 Å². The molecule has 2 aromatic rings. The minimum atomic E-state index is 0.220. The van der Waals surface area contributed by atoms with Gasteiger partial charge in [-0.1, -0.05) is 6.07 Å². The highest BCUT2D eigenvalue weighted by Gasteiger charge is 2.29. The van der Waals surface area contributed by atoms with Crippen LogP contribution in [-0.4, -0.2) is 57.4 Å². The van der Waals surface area contributed by atoms with Crippen molar-refractivity contribution in [2.24, 2.45) is 5.92 Å². The average molecular weight is 315 g/mol. The Labute approximate surface area is 135 Å². The summed E-state index contributed by atoms with van der Waals surface area (Å²) in [5.74, 6) is 1.40. The van der Waals surface area contributed by atoms with Crippen LogP contribution in [0.3, 0.4) is 0 Å². The highest BCUT2D eigenvalue weighted by molar-refractivity contribution is 5.78. The molecule has 1 amide bonds. The summed E-state index contributed by atoms with van der Waals surface area (Å²) in [5, 5.41) is 7.61. The first-order valence-electron chi connectivity index (χ1n) is 7.74. The van der Waals surface area contributed by atoms with Gasteiger partial charge in [0.15, 0.2) is 0 Å². The molecule has 0 bridgehead atoms. The number of hydrogen-bond acceptors (Lipinski definition) is 5. The van der Waals surface area contributed by atoms with Crippen LogP contribution in [0.2, 0.25) is 0 Å². The van der Waals surface area contributed by atoms with Crippen molar-refractivity contribution < 1.29 is 9.53 Å². The van der Waals surface area contributed by atoms with Gasteiger partial charge in [0.25, 0.3) is 0 Å². The summed E-state index contributed by atoms with van der Waals surface area (Å²) in [5.41, 5.74) is 2.23. The van der Waals surface area contributed by atoms with Crippen molar-refractivity contribution in [1.29, 1.82) is 0 Å². The van der Waals surface area contributed by atoms with Crippen LogP contribution in [0, 0.1) is 12.8 Å². The van der Waals surface area contributed by atoms with E-state index in [4.69, 9.17) is 4.74 Å². The number of aromatic nitrogens is 4. The van der Waals surface area contributed by atoms with Gasteiger partial charge in [0, 0.05) is 32.8 Å². The molecule has 0 radical (unpaired) electrons. The maximum atomic E-state index is 12.0. The number of pyridine rings is 1. The summed E-state index contributed by atoms with van der Waals surface area (Å²) in [6.45, 7) is 4.09. The van der Waals surface area contributed by atoms with Crippen molar-refractivity contribution >= 4 is 5.91 Å². The molecule has 1 unspecified atom stereocenters. The van der Waals surface area contributed by atoms with Gasteiger partial charge >= 0.3 is 0 Å². The number of amides is 1. The van der Waals surface area contributed by atoms with Crippen LogP contribution in [0.1, 0.15) is 17.5 Å². The molecule has 1 aliphatic rings. The van der Waals surface area contributed by atoms with Crippen LogP contribution in [0.25, 0.3) is 5.82 Å². The van der Waals surface area contributed by atoms with E-state index in [-0.39, 0.29) is 5.91 Å². The van der Waals surface area contributed by atoms with Crippen molar-refractivity contribution in [3.05, 3.63) is 36.0 Å². The van der Waals surface area contributed by atoms with Crippen molar-refractivity contribution in [3.8, 4) is 5.82 Å². The summed E-state index contributed by atoms with van der Waals surface area (Å²) in [6.07, 6.45) is 6.63. The van der Waals surface area contributed by atoms with E-state index in [0.29, 0.717) is 25.5 Å². The second-order valence-electron chi connectivity index (χ2n) is 5.96. The first-order valence-corrected chi connectivity index (χ1v) is 7.74.